The zero-order valence-corrected chi connectivity index (χ0v) is 14.2. The number of rotatable bonds is 4. The van der Waals surface area contributed by atoms with Crippen molar-refractivity contribution >= 4 is 11.8 Å². The van der Waals surface area contributed by atoms with E-state index < -0.39 is 0 Å². The molecule has 2 fully saturated rings. The lowest BCUT2D eigenvalue weighted by atomic mass is 10.0. The van der Waals surface area contributed by atoms with Crippen molar-refractivity contribution < 1.29 is 14.0 Å². The monoisotopic (exact) mass is 340 g/mol. The molecule has 1 aliphatic carbocycles. The van der Waals surface area contributed by atoms with Crippen LogP contribution in [0.2, 0.25) is 0 Å². The molecule has 2 atom stereocenters. The number of carbonyl (C=O) groups is 2. The average molecular weight is 340 g/mol. The second kappa shape index (κ2) is 5.98. The van der Waals surface area contributed by atoms with Crippen LogP contribution in [0.3, 0.4) is 0 Å². The maximum atomic E-state index is 12.6. The molecule has 0 bridgehead atoms. The van der Waals surface area contributed by atoms with Gasteiger partial charge in [0, 0.05) is 31.8 Å². The van der Waals surface area contributed by atoms with Gasteiger partial charge < -0.3 is 14.6 Å². The predicted molar refractivity (Wildman–Crippen MR) is 88.7 cm³/mol. The molecule has 1 saturated heterocycles. The number of hydrogen-bond acceptors (Lipinski definition) is 5. The van der Waals surface area contributed by atoms with Crippen LogP contribution in [-0.4, -0.2) is 38.8 Å². The molecule has 2 amide bonds. The van der Waals surface area contributed by atoms with E-state index in [4.69, 9.17) is 4.42 Å². The van der Waals surface area contributed by atoms with Gasteiger partial charge in [0.2, 0.25) is 11.7 Å². The minimum atomic E-state index is -0.331. The summed E-state index contributed by atoms with van der Waals surface area (Å²) in [4.78, 5) is 35.4. The van der Waals surface area contributed by atoms with E-state index in [2.05, 4.69) is 15.3 Å². The minimum absolute atomic E-state index is 0.0760. The molecule has 1 aliphatic heterocycles. The second-order valence-corrected chi connectivity index (χ2v) is 6.69. The molecule has 3 heterocycles. The van der Waals surface area contributed by atoms with Crippen molar-refractivity contribution in [2.45, 2.75) is 51.2 Å². The van der Waals surface area contributed by atoms with Gasteiger partial charge in [-0.25, -0.2) is 4.98 Å². The fourth-order valence-corrected chi connectivity index (χ4v) is 3.59. The molecule has 4 rings (SSSR count). The first kappa shape index (κ1) is 15.8. The number of pyridine rings is 1. The summed E-state index contributed by atoms with van der Waals surface area (Å²) in [6.45, 7) is 3.44. The van der Waals surface area contributed by atoms with E-state index in [0.29, 0.717) is 11.6 Å². The van der Waals surface area contributed by atoms with Gasteiger partial charge in [0.05, 0.1) is 17.8 Å². The Hall–Kier alpha value is -2.70. The SMILES string of the molecule is Cc1nc(C)c(C(=O)N[C@@H]2CC(=O)N(C3CC3)[C@H]2c2cccnc2)o1. The van der Waals surface area contributed by atoms with Gasteiger partial charge in [0.15, 0.2) is 5.89 Å². The molecule has 0 unspecified atom stereocenters. The van der Waals surface area contributed by atoms with Crippen LogP contribution in [0, 0.1) is 13.8 Å². The summed E-state index contributed by atoms with van der Waals surface area (Å²) < 4.78 is 5.41. The first-order valence-electron chi connectivity index (χ1n) is 8.50. The molecule has 2 aromatic rings. The van der Waals surface area contributed by atoms with E-state index >= 15 is 0 Å². The number of nitrogens with one attached hydrogen (secondary N) is 1. The lowest BCUT2D eigenvalue weighted by molar-refractivity contribution is -0.129. The molecule has 1 saturated carbocycles. The molecule has 0 aromatic carbocycles. The van der Waals surface area contributed by atoms with Crippen molar-refractivity contribution in [3.8, 4) is 0 Å². The Morgan fingerprint density at radius 3 is 2.76 bits per heavy atom. The first-order chi connectivity index (χ1) is 12.0. The van der Waals surface area contributed by atoms with E-state index in [1.807, 2.05) is 17.0 Å². The molecule has 25 heavy (non-hydrogen) atoms. The highest BCUT2D eigenvalue weighted by Crippen LogP contribution is 2.41. The van der Waals surface area contributed by atoms with Crippen molar-refractivity contribution in [1.82, 2.24) is 20.2 Å². The van der Waals surface area contributed by atoms with Gasteiger partial charge in [-0.15, -0.1) is 0 Å². The van der Waals surface area contributed by atoms with Gasteiger partial charge in [-0.3, -0.25) is 14.6 Å². The van der Waals surface area contributed by atoms with Crippen molar-refractivity contribution in [3.63, 3.8) is 0 Å². The second-order valence-electron chi connectivity index (χ2n) is 6.69. The molecule has 0 spiro atoms. The van der Waals surface area contributed by atoms with Crippen molar-refractivity contribution in [3.05, 3.63) is 47.4 Å². The fraction of sp³-hybridized carbons (Fsp3) is 0.444. The van der Waals surface area contributed by atoms with Crippen LogP contribution in [0.4, 0.5) is 0 Å². The average Bonchev–Trinajstić information content (AvgIpc) is 3.29. The first-order valence-corrected chi connectivity index (χ1v) is 8.50. The fourth-order valence-electron chi connectivity index (χ4n) is 3.59. The van der Waals surface area contributed by atoms with Crippen LogP contribution in [0.25, 0.3) is 0 Å². The zero-order chi connectivity index (χ0) is 17.6. The Labute approximate surface area is 145 Å². The summed E-state index contributed by atoms with van der Waals surface area (Å²) in [5.74, 6) is 0.405. The maximum absolute atomic E-state index is 12.6. The van der Waals surface area contributed by atoms with Crippen molar-refractivity contribution in [2.75, 3.05) is 0 Å². The number of amides is 2. The highest BCUT2D eigenvalue weighted by atomic mass is 16.4. The highest BCUT2D eigenvalue weighted by Gasteiger charge is 2.48. The van der Waals surface area contributed by atoms with Crippen molar-refractivity contribution in [1.29, 1.82) is 0 Å². The lowest BCUT2D eigenvalue weighted by Crippen LogP contribution is -2.40. The van der Waals surface area contributed by atoms with E-state index in [1.54, 1.807) is 26.2 Å². The molecule has 1 N–H and O–H groups in total. The largest absolute Gasteiger partial charge is 0.436 e. The number of nitrogens with zero attached hydrogens (tertiary/aromatic N) is 3. The molecule has 2 aliphatic rings. The third-order valence-electron chi connectivity index (χ3n) is 4.76. The third kappa shape index (κ3) is 2.90. The predicted octanol–water partition coefficient (Wildman–Crippen LogP) is 1.92. The lowest BCUT2D eigenvalue weighted by Gasteiger charge is -2.28. The standard InChI is InChI=1S/C18H20N4O3/c1-10-17(25-11(2)20-10)18(24)21-14-8-15(23)22(13-5-6-13)16(14)12-4-3-7-19-9-12/h3-4,7,9,13-14,16H,5-6,8H2,1-2H3,(H,21,24)/t14-,16+/m1/s1. The number of oxazole rings is 1. The van der Waals surface area contributed by atoms with Gasteiger partial charge in [0.1, 0.15) is 0 Å². The molecular formula is C18H20N4O3. The topological polar surface area (TPSA) is 88.3 Å². The zero-order valence-electron chi connectivity index (χ0n) is 14.2. The van der Waals surface area contributed by atoms with E-state index in [0.717, 1.165) is 18.4 Å². The highest BCUT2D eigenvalue weighted by molar-refractivity contribution is 5.93. The maximum Gasteiger partial charge on any atom is 0.289 e. The smallest absolute Gasteiger partial charge is 0.289 e. The quantitative estimate of drug-likeness (QED) is 0.918. The Bertz CT molecular complexity index is 813. The Morgan fingerprint density at radius 2 is 2.16 bits per heavy atom. The molecule has 0 radical (unpaired) electrons. The van der Waals surface area contributed by atoms with Gasteiger partial charge >= 0.3 is 0 Å². The van der Waals surface area contributed by atoms with Crippen LogP contribution < -0.4 is 5.32 Å². The Balaban J connectivity index is 1.62. The van der Waals surface area contributed by atoms with Crippen LogP contribution in [0.1, 0.15) is 53.0 Å². The normalized spacial score (nSPS) is 23.1. The number of carbonyl (C=O) groups excluding carboxylic acids is 2. The third-order valence-corrected chi connectivity index (χ3v) is 4.76. The summed E-state index contributed by atoms with van der Waals surface area (Å²) >= 11 is 0. The van der Waals surface area contributed by atoms with Crippen molar-refractivity contribution in [2.24, 2.45) is 0 Å². The Kier molecular flexibility index (Phi) is 3.78. The molecule has 7 heteroatoms. The van der Waals surface area contributed by atoms with Gasteiger partial charge in [-0.05, 0) is 31.4 Å². The summed E-state index contributed by atoms with van der Waals surface area (Å²) in [6.07, 6.45) is 5.79. The molecular weight excluding hydrogens is 320 g/mol. The summed E-state index contributed by atoms with van der Waals surface area (Å²) in [6, 6.07) is 3.58. The van der Waals surface area contributed by atoms with E-state index in [1.165, 1.54) is 0 Å². The molecule has 2 aromatic heterocycles. The van der Waals surface area contributed by atoms with Crippen LogP contribution in [0.15, 0.2) is 28.9 Å². The van der Waals surface area contributed by atoms with Crippen LogP contribution >= 0.6 is 0 Å². The van der Waals surface area contributed by atoms with Gasteiger partial charge in [-0.2, -0.15) is 0 Å². The van der Waals surface area contributed by atoms with Gasteiger partial charge in [-0.1, -0.05) is 6.07 Å². The van der Waals surface area contributed by atoms with Crippen LogP contribution in [0.5, 0.6) is 0 Å². The number of likely N-dealkylation sites (tertiary alicyclic amines) is 1. The molecule has 130 valence electrons. The number of aromatic nitrogens is 2. The molecule has 7 nitrogen and oxygen atoms in total. The number of hydrogen-bond donors (Lipinski definition) is 1. The minimum Gasteiger partial charge on any atom is -0.436 e. The summed E-state index contributed by atoms with van der Waals surface area (Å²) in [5.41, 5.74) is 1.49. The Morgan fingerprint density at radius 1 is 1.36 bits per heavy atom. The summed E-state index contributed by atoms with van der Waals surface area (Å²) in [5, 5.41) is 2.98. The summed E-state index contributed by atoms with van der Waals surface area (Å²) in [7, 11) is 0. The van der Waals surface area contributed by atoms with E-state index in [-0.39, 0.29) is 42.1 Å². The van der Waals surface area contributed by atoms with Gasteiger partial charge in [0.25, 0.3) is 5.91 Å². The van der Waals surface area contributed by atoms with E-state index in [9.17, 15) is 9.59 Å². The van der Waals surface area contributed by atoms with Crippen LogP contribution in [-0.2, 0) is 4.79 Å². The number of aryl methyl sites for hydroxylation is 2.